The highest BCUT2D eigenvalue weighted by Crippen LogP contribution is 2.28. The predicted molar refractivity (Wildman–Crippen MR) is 110 cm³/mol. The van der Waals surface area contributed by atoms with Crippen molar-refractivity contribution in [3.63, 3.8) is 0 Å². The first-order valence-corrected chi connectivity index (χ1v) is 10.6. The van der Waals surface area contributed by atoms with E-state index in [9.17, 15) is 9.18 Å². The van der Waals surface area contributed by atoms with Gasteiger partial charge in [0.1, 0.15) is 5.82 Å². The Labute approximate surface area is 171 Å². The van der Waals surface area contributed by atoms with Crippen molar-refractivity contribution in [1.29, 1.82) is 0 Å². The van der Waals surface area contributed by atoms with E-state index in [1.54, 1.807) is 13.0 Å². The largest absolute Gasteiger partial charge is 0.461 e. The number of hydrogen-bond acceptors (Lipinski definition) is 5. The Hall–Kier alpha value is -1.66. The van der Waals surface area contributed by atoms with Gasteiger partial charge in [-0.15, -0.1) is 0 Å². The average molecular weight is 410 g/mol. The zero-order valence-electron chi connectivity index (χ0n) is 16.4. The fraction of sp³-hybridized carbons (Fsp3) is 0.619. The summed E-state index contributed by atoms with van der Waals surface area (Å²) in [5.41, 5.74) is 0.425. The molecular formula is C21H29ClFN3O2. The summed E-state index contributed by atoms with van der Waals surface area (Å²) >= 11 is 6.35. The molecule has 0 spiro atoms. The highest BCUT2D eigenvalue weighted by molar-refractivity contribution is 6.33. The molecule has 1 atom stereocenters. The molecule has 1 aromatic heterocycles. The molecule has 5 nitrogen and oxygen atoms in total. The second-order valence-electron chi connectivity index (χ2n) is 7.58. The second-order valence-corrected chi connectivity index (χ2v) is 7.99. The second kappa shape index (κ2) is 10.2. The van der Waals surface area contributed by atoms with Crippen LogP contribution in [-0.4, -0.2) is 47.6 Å². The normalized spacial score (nSPS) is 22.1. The number of halogens is 2. The number of anilines is 1. The number of likely N-dealkylation sites (tertiary alicyclic amines) is 1. The van der Waals surface area contributed by atoms with E-state index in [0.29, 0.717) is 28.5 Å². The molecule has 1 N–H and O–H groups in total. The first kappa shape index (κ1) is 21.1. The van der Waals surface area contributed by atoms with E-state index < -0.39 is 11.8 Å². The van der Waals surface area contributed by atoms with E-state index >= 15 is 0 Å². The molecule has 3 rings (SSSR count). The standard InChI is InChI=1S/C21H29ClFN3O2/c1-2-28-21(27)19(23)12-15-11-18(22)20(24-13-15)25-16-7-6-10-26(14-16)17-8-4-3-5-9-17/h11-13,16-17H,2-10,14H2,1H3,(H,24,25)/b19-12-/t16-/m1/s1. The maximum Gasteiger partial charge on any atom is 0.367 e. The monoisotopic (exact) mass is 409 g/mol. The van der Waals surface area contributed by atoms with E-state index in [2.05, 4.69) is 19.9 Å². The molecule has 2 fully saturated rings. The van der Waals surface area contributed by atoms with Crippen molar-refractivity contribution in [2.75, 3.05) is 25.0 Å². The lowest BCUT2D eigenvalue weighted by atomic mass is 9.92. The van der Waals surface area contributed by atoms with Gasteiger partial charge >= 0.3 is 5.97 Å². The summed E-state index contributed by atoms with van der Waals surface area (Å²) in [5, 5.41) is 3.87. The summed E-state index contributed by atoms with van der Waals surface area (Å²) in [6.07, 6.45) is 11.5. The van der Waals surface area contributed by atoms with Gasteiger partial charge in [-0.3, -0.25) is 4.90 Å². The SMILES string of the molecule is CCOC(=O)/C(F)=C/c1cnc(N[C@@H]2CCCN(C3CCCCC3)C2)c(Cl)c1. The Kier molecular flexibility index (Phi) is 7.68. The molecule has 1 aromatic rings. The van der Waals surface area contributed by atoms with Gasteiger partial charge in [0, 0.05) is 24.8 Å². The van der Waals surface area contributed by atoms with Crippen LogP contribution in [0.15, 0.2) is 18.1 Å². The minimum atomic E-state index is -0.981. The van der Waals surface area contributed by atoms with Crippen LogP contribution in [0.25, 0.3) is 6.08 Å². The van der Waals surface area contributed by atoms with E-state index in [1.165, 1.54) is 44.8 Å². The third-order valence-electron chi connectivity index (χ3n) is 5.51. The van der Waals surface area contributed by atoms with Crippen LogP contribution in [0.3, 0.4) is 0 Å². The summed E-state index contributed by atoms with van der Waals surface area (Å²) in [5.74, 6) is -1.34. The Morgan fingerprint density at radius 1 is 1.36 bits per heavy atom. The molecule has 0 aromatic carbocycles. The van der Waals surface area contributed by atoms with Crippen molar-refractivity contribution < 1.29 is 13.9 Å². The first-order valence-electron chi connectivity index (χ1n) is 10.3. The third-order valence-corrected chi connectivity index (χ3v) is 5.80. The summed E-state index contributed by atoms with van der Waals surface area (Å²) in [6, 6.07) is 2.62. The van der Waals surface area contributed by atoms with Gasteiger partial charge in [-0.1, -0.05) is 30.9 Å². The van der Waals surface area contributed by atoms with E-state index in [4.69, 9.17) is 11.6 Å². The maximum atomic E-state index is 13.8. The van der Waals surface area contributed by atoms with Gasteiger partial charge in [0.2, 0.25) is 5.83 Å². The molecule has 0 radical (unpaired) electrons. The number of rotatable bonds is 6. The molecule has 1 saturated heterocycles. The van der Waals surface area contributed by atoms with Gasteiger partial charge in [0.15, 0.2) is 0 Å². The van der Waals surface area contributed by atoms with Crippen molar-refractivity contribution in [3.8, 4) is 0 Å². The highest BCUT2D eigenvalue weighted by atomic mass is 35.5. The van der Waals surface area contributed by atoms with Gasteiger partial charge in [0.05, 0.1) is 11.6 Å². The number of aromatic nitrogens is 1. The van der Waals surface area contributed by atoms with Crippen molar-refractivity contribution in [2.24, 2.45) is 0 Å². The first-order chi connectivity index (χ1) is 13.6. The molecule has 1 saturated carbocycles. The molecule has 2 heterocycles. The van der Waals surface area contributed by atoms with Crippen molar-refractivity contribution in [1.82, 2.24) is 9.88 Å². The number of carbonyl (C=O) groups is 1. The molecule has 7 heteroatoms. The lowest BCUT2D eigenvalue weighted by Crippen LogP contribution is -2.47. The molecule has 0 amide bonds. The smallest absolute Gasteiger partial charge is 0.367 e. The summed E-state index contributed by atoms with van der Waals surface area (Å²) in [4.78, 5) is 18.3. The van der Waals surface area contributed by atoms with Crippen molar-refractivity contribution in [2.45, 2.75) is 64.0 Å². The van der Waals surface area contributed by atoms with Crippen LogP contribution in [0.1, 0.15) is 57.4 Å². The zero-order chi connectivity index (χ0) is 19.9. The molecular weight excluding hydrogens is 381 g/mol. The Balaban J connectivity index is 1.61. The number of pyridine rings is 1. The number of nitrogens with one attached hydrogen (secondary N) is 1. The number of carbonyl (C=O) groups excluding carboxylic acids is 1. The summed E-state index contributed by atoms with van der Waals surface area (Å²) in [7, 11) is 0. The number of esters is 1. The molecule has 0 bridgehead atoms. The van der Waals surface area contributed by atoms with Gasteiger partial charge in [-0.25, -0.2) is 9.78 Å². The van der Waals surface area contributed by atoms with E-state index in [0.717, 1.165) is 25.5 Å². The molecule has 154 valence electrons. The zero-order valence-corrected chi connectivity index (χ0v) is 17.2. The van der Waals surface area contributed by atoms with Crippen LogP contribution in [-0.2, 0) is 9.53 Å². The Morgan fingerprint density at radius 2 is 2.14 bits per heavy atom. The molecule has 2 aliphatic rings. The van der Waals surface area contributed by atoms with E-state index in [-0.39, 0.29) is 6.61 Å². The number of piperidine rings is 1. The quantitative estimate of drug-likeness (QED) is 0.539. The number of hydrogen-bond donors (Lipinski definition) is 1. The maximum absolute atomic E-state index is 13.8. The fourth-order valence-electron chi connectivity index (χ4n) is 4.14. The summed E-state index contributed by atoms with van der Waals surface area (Å²) < 4.78 is 18.4. The van der Waals surface area contributed by atoms with Gasteiger partial charge in [-0.05, 0) is 56.9 Å². The van der Waals surface area contributed by atoms with E-state index in [1.807, 2.05) is 0 Å². The minimum absolute atomic E-state index is 0.126. The van der Waals surface area contributed by atoms with Gasteiger partial charge in [0.25, 0.3) is 0 Å². The molecule has 1 aliphatic carbocycles. The molecule has 28 heavy (non-hydrogen) atoms. The van der Waals surface area contributed by atoms with Gasteiger partial charge < -0.3 is 10.1 Å². The van der Waals surface area contributed by atoms with Crippen LogP contribution in [0.5, 0.6) is 0 Å². The molecule has 1 aliphatic heterocycles. The van der Waals surface area contributed by atoms with Gasteiger partial charge in [-0.2, -0.15) is 4.39 Å². The lowest BCUT2D eigenvalue weighted by Gasteiger charge is -2.40. The Morgan fingerprint density at radius 3 is 2.86 bits per heavy atom. The molecule has 0 unspecified atom stereocenters. The van der Waals surface area contributed by atoms with Crippen molar-refractivity contribution >= 4 is 29.5 Å². The van der Waals surface area contributed by atoms with Crippen LogP contribution in [0.2, 0.25) is 5.02 Å². The minimum Gasteiger partial charge on any atom is -0.461 e. The van der Waals surface area contributed by atoms with Crippen LogP contribution >= 0.6 is 11.6 Å². The van der Waals surface area contributed by atoms with Crippen molar-refractivity contribution in [3.05, 3.63) is 28.7 Å². The number of ether oxygens (including phenoxy) is 1. The summed E-state index contributed by atoms with van der Waals surface area (Å²) in [6.45, 7) is 3.93. The topological polar surface area (TPSA) is 54.5 Å². The average Bonchev–Trinajstić information content (AvgIpc) is 2.71. The Bertz CT molecular complexity index is 707. The van der Waals surface area contributed by atoms with Crippen LogP contribution in [0.4, 0.5) is 10.2 Å². The fourth-order valence-corrected chi connectivity index (χ4v) is 4.37. The lowest BCUT2D eigenvalue weighted by molar-refractivity contribution is -0.140. The highest BCUT2D eigenvalue weighted by Gasteiger charge is 2.27. The predicted octanol–water partition coefficient (Wildman–Crippen LogP) is 4.82. The number of nitrogens with zero attached hydrogens (tertiary/aromatic N) is 2. The van der Waals surface area contributed by atoms with Crippen LogP contribution in [0, 0.1) is 0 Å². The third kappa shape index (κ3) is 5.67. The van der Waals surface area contributed by atoms with Crippen LogP contribution < -0.4 is 5.32 Å².